The van der Waals surface area contributed by atoms with Crippen molar-refractivity contribution < 1.29 is 8.42 Å². The molecule has 0 spiro atoms. The van der Waals surface area contributed by atoms with Crippen molar-refractivity contribution in [1.29, 1.82) is 0 Å². The smallest absolute Gasteiger partial charge is 0.175 e. The number of anilines is 1. The van der Waals surface area contributed by atoms with Gasteiger partial charge in [-0.15, -0.1) is 0 Å². The van der Waals surface area contributed by atoms with Crippen molar-refractivity contribution >= 4 is 42.6 Å². The Morgan fingerprint density at radius 3 is 2.39 bits per heavy atom. The zero-order valence-corrected chi connectivity index (χ0v) is 17.2. The Morgan fingerprint density at radius 2 is 1.71 bits per heavy atom. The molecule has 2 heterocycles. The molecule has 0 aliphatic rings. The largest absolute Gasteiger partial charge is 0.383 e. The molecule has 4 aromatic rings. The van der Waals surface area contributed by atoms with E-state index < -0.39 is 9.84 Å². The highest BCUT2D eigenvalue weighted by Crippen LogP contribution is 2.34. The van der Waals surface area contributed by atoms with Gasteiger partial charge in [0.05, 0.1) is 16.0 Å². The maximum atomic E-state index is 11.7. The number of sulfone groups is 1. The van der Waals surface area contributed by atoms with E-state index in [0.717, 1.165) is 21.2 Å². The highest BCUT2D eigenvalue weighted by atomic mass is 79.9. The number of fused-ring (bicyclic) bond motifs is 1. The summed E-state index contributed by atoms with van der Waals surface area (Å²) in [6.07, 6.45) is 2.56. The van der Waals surface area contributed by atoms with Crippen molar-refractivity contribution in [3.05, 3.63) is 65.4 Å². The van der Waals surface area contributed by atoms with Gasteiger partial charge in [-0.3, -0.25) is 0 Å². The summed E-state index contributed by atoms with van der Waals surface area (Å²) in [6, 6.07) is 16.4. The number of aromatic nitrogens is 3. The van der Waals surface area contributed by atoms with E-state index in [0.29, 0.717) is 22.5 Å². The van der Waals surface area contributed by atoms with Gasteiger partial charge in [0.15, 0.2) is 15.5 Å². The van der Waals surface area contributed by atoms with E-state index in [9.17, 15) is 8.42 Å². The number of nitrogens with zero attached hydrogens (tertiary/aromatic N) is 3. The zero-order valence-electron chi connectivity index (χ0n) is 14.8. The van der Waals surface area contributed by atoms with E-state index in [1.54, 1.807) is 24.3 Å². The van der Waals surface area contributed by atoms with E-state index in [-0.39, 0.29) is 4.90 Å². The molecule has 0 atom stereocenters. The molecule has 2 aromatic carbocycles. The molecular formula is C20H15BrN4O2S. The molecule has 8 heteroatoms. The van der Waals surface area contributed by atoms with Gasteiger partial charge in [-0.2, -0.15) is 0 Å². The lowest BCUT2D eigenvalue weighted by Crippen LogP contribution is -1.99. The van der Waals surface area contributed by atoms with Crippen LogP contribution in [-0.2, 0) is 9.84 Å². The van der Waals surface area contributed by atoms with Crippen molar-refractivity contribution in [3.63, 3.8) is 0 Å². The fourth-order valence-electron chi connectivity index (χ4n) is 2.99. The van der Waals surface area contributed by atoms with Crippen LogP contribution >= 0.6 is 15.9 Å². The molecule has 0 saturated heterocycles. The first kappa shape index (κ1) is 18.5. The summed E-state index contributed by atoms with van der Waals surface area (Å²) in [6.45, 7) is 0. The van der Waals surface area contributed by atoms with Crippen molar-refractivity contribution in [2.75, 3.05) is 12.0 Å². The van der Waals surface area contributed by atoms with Gasteiger partial charge in [0, 0.05) is 16.3 Å². The Labute approximate surface area is 170 Å². The van der Waals surface area contributed by atoms with Gasteiger partial charge in [-0.05, 0) is 41.5 Å². The Bertz CT molecular complexity index is 1310. The number of halogens is 1. The molecule has 0 aliphatic heterocycles. The molecule has 0 aliphatic carbocycles. The maximum Gasteiger partial charge on any atom is 0.175 e. The van der Waals surface area contributed by atoms with Crippen LogP contribution in [-0.4, -0.2) is 29.6 Å². The van der Waals surface area contributed by atoms with E-state index >= 15 is 0 Å². The van der Waals surface area contributed by atoms with Gasteiger partial charge >= 0.3 is 0 Å². The number of pyridine rings is 1. The van der Waals surface area contributed by atoms with Crippen LogP contribution in [0.1, 0.15) is 0 Å². The lowest BCUT2D eigenvalue weighted by molar-refractivity contribution is 0.602. The van der Waals surface area contributed by atoms with Crippen LogP contribution in [0, 0.1) is 0 Å². The van der Waals surface area contributed by atoms with Gasteiger partial charge < -0.3 is 5.73 Å². The van der Waals surface area contributed by atoms with Crippen LogP contribution in [0.15, 0.2) is 70.3 Å². The van der Waals surface area contributed by atoms with Crippen molar-refractivity contribution in [2.24, 2.45) is 0 Å². The molecule has 4 rings (SSSR count). The molecule has 0 amide bonds. The van der Waals surface area contributed by atoms with Crippen molar-refractivity contribution in [1.82, 2.24) is 15.0 Å². The lowest BCUT2D eigenvalue weighted by Gasteiger charge is -2.11. The highest BCUT2D eigenvalue weighted by Gasteiger charge is 2.14. The number of hydrogen-bond donors (Lipinski definition) is 1. The van der Waals surface area contributed by atoms with Crippen LogP contribution in [0.25, 0.3) is 33.4 Å². The monoisotopic (exact) mass is 454 g/mol. The number of nitrogens with two attached hydrogens (primary N) is 1. The average molecular weight is 455 g/mol. The van der Waals surface area contributed by atoms with Crippen LogP contribution in [0.2, 0.25) is 0 Å². The molecule has 0 bridgehead atoms. The summed E-state index contributed by atoms with van der Waals surface area (Å²) < 4.78 is 24.4. The van der Waals surface area contributed by atoms with E-state index in [4.69, 9.17) is 5.73 Å². The molecule has 0 fully saturated rings. The first-order valence-corrected chi connectivity index (χ1v) is 11.0. The Morgan fingerprint density at radius 1 is 0.964 bits per heavy atom. The third kappa shape index (κ3) is 3.48. The predicted octanol–water partition coefficient (Wildman–Crippen LogP) is 4.11. The molecular weight excluding hydrogens is 440 g/mol. The van der Waals surface area contributed by atoms with Crippen LogP contribution in [0.3, 0.4) is 0 Å². The van der Waals surface area contributed by atoms with E-state index in [1.165, 1.54) is 12.6 Å². The Hall–Kier alpha value is -2.84. The second-order valence-corrected chi connectivity index (χ2v) is 9.25. The summed E-state index contributed by atoms with van der Waals surface area (Å²) in [5.74, 6) is 0.353. The minimum Gasteiger partial charge on any atom is -0.383 e. The minimum atomic E-state index is -3.26. The topological polar surface area (TPSA) is 98.8 Å². The molecule has 140 valence electrons. The van der Waals surface area contributed by atoms with Crippen molar-refractivity contribution in [3.8, 4) is 22.4 Å². The molecule has 6 nitrogen and oxygen atoms in total. The number of rotatable bonds is 3. The molecule has 2 N–H and O–H groups in total. The zero-order chi connectivity index (χ0) is 19.9. The normalized spacial score (nSPS) is 11.6. The quantitative estimate of drug-likeness (QED) is 0.499. The minimum absolute atomic E-state index is 0.260. The summed E-state index contributed by atoms with van der Waals surface area (Å²) >= 11 is 3.50. The highest BCUT2D eigenvalue weighted by molar-refractivity contribution is 9.10. The molecule has 2 aromatic heterocycles. The fraction of sp³-hybridized carbons (Fsp3) is 0.0500. The molecule has 0 saturated carbocycles. The molecule has 0 unspecified atom stereocenters. The van der Waals surface area contributed by atoms with Gasteiger partial charge in [0.1, 0.15) is 12.1 Å². The first-order chi connectivity index (χ1) is 13.3. The number of benzene rings is 2. The lowest BCUT2D eigenvalue weighted by atomic mass is 10.00. The third-order valence-electron chi connectivity index (χ3n) is 4.35. The summed E-state index contributed by atoms with van der Waals surface area (Å²) in [4.78, 5) is 13.3. The Kier molecular flexibility index (Phi) is 4.60. The van der Waals surface area contributed by atoms with E-state index in [2.05, 4.69) is 30.9 Å². The van der Waals surface area contributed by atoms with Gasteiger partial charge in [-0.1, -0.05) is 40.2 Å². The SMILES string of the molecule is CS(=O)(=O)c1ccc(-c2cc(-c3cccc(Br)c3)c3c(N)ncnc3n2)cc1. The summed E-state index contributed by atoms with van der Waals surface area (Å²) in [5.41, 5.74) is 9.84. The summed E-state index contributed by atoms with van der Waals surface area (Å²) in [5, 5.41) is 0.678. The van der Waals surface area contributed by atoms with Gasteiger partial charge in [0.2, 0.25) is 0 Å². The summed E-state index contributed by atoms with van der Waals surface area (Å²) in [7, 11) is -3.26. The predicted molar refractivity (Wildman–Crippen MR) is 113 cm³/mol. The van der Waals surface area contributed by atoms with E-state index in [1.807, 2.05) is 30.3 Å². The fourth-order valence-corrected chi connectivity index (χ4v) is 4.02. The maximum absolute atomic E-state index is 11.7. The third-order valence-corrected chi connectivity index (χ3v) is 5.97. The molecule has 28 heavy (non-hydrogen) atoms. The van der Waals surface area contributed by atoms with Crippen LogP contribution < -0.4 is 5.73 Å². The Balaban J connectivity index is 1.96. The van der Waals surface area contributed by atoms with Crippen molar-refractivity contribution in [2.45, 2.75) is 4.90 Å². The van der Waals surface area contributed by atoms with Gasteiger partial charge in [0.25, 0.3) is 0 Å². The average Bonchev–Trinajstić information content (AvgIpc) is 2.67. The second kappa shape index (κ2) is 6.96. The number of nitrogen functional groups attached to an aromatic ring is 1. The molecule has 0 radical (unpaired) electrons. The first-order valence-electron chi connectivity index (χ1n) is 8.30. The van der Waals surface area contributed by atoms with Crippen LogP contribution in [0.4, 0.5) is 5.82 Å². The van der Waals surface area contributed by atoms with Gasteiger partial charge in [-0.25, -0.2) is 23.4 Å². The number of hydrogen-bond acceptors (Lipinski definition) is 6. The second-order valence-electron chi connectivity index (χ2n) is 6.32. The standard InChI is InChI=1S/C20H15BrN4O2S/c1-28(26,27)15-7-5-12(6-8-15)17-10-16(13-3-2-4-14(21)9-13)18-19(22)23-11-24-20(18)25-17/h2-11H,1H3,(H2,22,23,24,25). The van der Waals surface area contributed by atoms with Crippen LogP contribution in [0.5, 0.6) is 0 Å².